The third-order valence-corrected chi connectivity index (χ3v) is 2.06. The van der Waals surface area contributed by atoms with Crippen LogP contribution < -0.4 is 5.32 Å². The van der Waals surface area contributed by atoms with Gasteiger partial charge in [-0.15, -0.1) is 11.6 Å². The van der Waals surface area contributed by atoms with Gasteiger partial charge in [-0.2, -0.15) is 5.10 Å². The molecule has 2 aromatic rings. The van der Waals surface area contributed by atoms with Gasteiger partial charge in [0.05, 0.1) is 5.69 Å². The molecule has 0 aromatic carbocycles. The highest BCUT2D eigenvalue weighted by atomic mass is 35.5. The Bertz CT molecular complexity index is 484. The molecule has 82 valence electrons. The Labute approximate surface area is 96.3 Å². The van der Waals surface area contributed by atoms with Gasteiger partial charge in [0.2, 0.25) is 5.91 Å². The van der Waals surface area contributed by atoms with Crippen LogP contribution in [-0.4, -0.2) is 31.5 Å². The quantitative estimate of drug-likeness (QED) is 0.803. The van der Waals surface area contributed by atoms with Gasteiger partial charge in [0, 0.05) is 6.20 Å². The molecule has 0 saturated carbocycles. The largest absolute Gasteiger partial charge is 0.322 e. The highest BCUT2D eigenvalue weighted by Crippen LogP contribution is 2.15. The standard InChI is InChI=1S/C9H8ClN5O/c10-4-8(16)14-7-2-1-3-12-9(7)15-6-11-5-13-15/h1-3,5-6H,4H2,(H,14,16). The highest BCUT2D eigenvalue weighted by molar-refractivity contribution is 6.29. The molecular weight excluding hydrogens is 230 g/mol. The zero-order valence-electron chi connectivity index (χ0n) is 8.17. The molecule has 16 heavy (non-hydrogen) atoms. The molecule has 2 aromatic heterocycles. The molecule has 2 heterocycles. The molecule has 0 aliphatic heterocycles. The summed E-state index contributed by atoms with van der Waals surface area (Å²) in [4.78, 5) is 19.1. The molecule has 0 saturated heterocycles. The molecule has 0 aliphatic rings. The summed E-state index contributed by atoms with van der Waals surface area (Å²) in [5.74, 6) is 0.0978. The summed E-state index contributed by atoms with van der Waals surface area (Å²) in [5, 5.41) is 6.57. The van der Waals surface area contributed by atoms with Gasteiger partial charge in [-0.3, -0.25) is 4.79 Å². The SMILES string of the molecule is O=C(CCl)Nc1cccnc1-n1cncn1. The van der Waals surface area contributed by atoms with E-state index in [0.29, 0.717) is 11.5 Å². The van der Waals surface area contributed by atoms with Crippen molar-refractivity contribution in [3.63, 3.8) is 0 Å². The molecule has 7 heteroatoms. The summed E-state index contributed by atoms with van der Waals surface area (Å²) in [7, 11) is 0. The molecule has 0 atom stereocenters. The van der Waals surface area contributed by atoms with Gasteiger partial charge >= 0.3 is 0 Å². The number of carbonyl (C=O) groups is 1. The third kappa shape index (κ3) is 2.17. The van der Waals surface area contributed by atoms with E-state index in [9.17, 15) is 4.79 Å². The van der Waals surface area contributed by atoms with Crippen LogP contribution in [0.1, 0.15) is 0 Å². The fourth-order valence-corrected chi connectivity index (χ4v) is 1.25. The number of aromatic nitrogens is 4. The van der Waals surface area contributed by atoms with Crippen molar-refractivity contribution in [2.24, 2.45) is 0 Å². The van der Waals surface area contributed by atoms with Crippen LogP contribution in [-0.2, 0) is 4.79 Å². The van der Waals surface area contributed by atoms with Crippen molar-refractivity contribution in [1.82, 2.24) is 19.7 Å². The van der Waals surface area contributed by atoms with E-state index in [4.69, 9.17) is 11.6 Å². The molecule has 1 N–H and O–H groups in total. The summed E-state index contributed by atoms with van der Waals surface area (Å²) in [6.07, 6.45) is 4.49. The van der Waals surface area contributed by atoms with Gasteiger partial charge < -0.3 is 5.32 Å². The Morgan fingerprint density at radius 2 is 2.44 bits per heavy atom. The van der Waals surface area contributed by atoms with E-state index in [-0.39, 0.29) is 11.8 Å². The van der Waals surface area contributed by atoms with E-state index < -0.39 is 0 Å². The van der Waals surface area contributed by atoms with E-state index in [1.54, 1.807) is 18.3 Å². The maximum Gasteiger partial charge on any atom is 0.239 e. The van der Waals surface area contributed by atoms with Crippen LogP contribution in [0.4, 0.5) is 5.69 Å². The summed E-state index contributed by atoms with van der Waals surface area (Å²) in [5.41, 5.74) is 0.540. The Hall–Kier alpha value is -1.95. The van der Waals surface area contributed by atoms with Crippen molar-refractivity contribution in [3.8, 4) is 5.82 Å². The van der Waals surface area contributed by atoms with Crippen molar-refractivity contribution < 1.29 is 4.79 Å². The number of rotatable bonds is 3. The number of anilines is 1. The van der Waals surface area contributed by atoms with Gasteiger partial charge in [0.15, 0.2) is 5.82 Å². The lowest BCUT2D eigenvalue weighted by atomic mass is 10.4. The van der Waals surface area contributed by atoms with Crippen LogP contribution in [0.2, 0.25) is 0 Å². The monoisotopic (exact) mass is 237 g/mol. The lowest BCUT2D eigenvalue weighted by Crippen LogP contribution is -2.15. The first-order chi connectivity index (χ1) is 7.81. The molecule has 0 spiro atoms. The zero-order chi connectivity index (χ0) is 11.4. The minimum atomic E-state index is -0.295. The molecule has 0 fully saturated rings. The maximum atomic E-state index is 11.2. The Morgan fingerprint density at radius 1 is 1.56 bits per heavy atom. The molecule has 0 aliphatic carbocycles. The van der Waals surface area contributed by atoms with Crippen LogP contribution in [0.25, 0.3) is 5.82 Å². The van der Waals surface area contributed by atoms with Crippen LogP contribution in [0.5, 0.6) is 0 Å². The topological polar surface area (TPSA) is 72.7 Å². The minimum Gasteiger partial charge on any atom is -0.322 e. The Kier molecular flexibility index (Phi) is 3.11. The van der Waals surface area contributed by atoms with Gasteiger partial charge in [-0.1, -0.05) is 0 Å². The summed E-state index contributed by atoms with van der Waals surface area (Å²) < 4.78 is 1.46. The second kappa shape index (κ2) is 4.71. The normalized spacial score (nSPS) is 10.1. The fourth-order valence-electron chi connectivity index (χ4n) is 1.18. The molecular formula is C9H8ClN5O. The van der Waals surface area contributed by atoms with E-state index in [1.807, 2.05) is 0 Å². The van der Waals surface area contributed by atoms with Crippen molar-refractivity contribution >= 4 is 23.2 Å². The van der Waals surface area contributed by atoms with Gasteiger partial charge in [-0.25, -0.2) is 14.6 Å². The second-order valence-electron chi connectivity index (χ2n) is 2.90. The fraction of sp³-hybridized carbons (Fsp3) is 0.111. The van der Waals surface area contributed by atoms with Gasteiger partial charge in [0.1, 0.15) is 18.5 Å². The second-order valence-corrected chi connectivity index (χ2v) is 3.16. The molecule has 6 nitrogen and oxygen atoms in total. The van der Waals surface area contributed by atoms with E-state index in [0.717, 1.165) is 0 Å². The van der Waals surface area contributed by atoms with Crippen LogP contribution in [0.15, 0.2) is 31.0 Å². The first-order valence-electron chi connectivity index (χ1n) is 4.47. The number of carbonyl (C=O) groups excluding carboxylic acids is 1. The first kappa shape index (κ1) is 10.6. The van der Waals surface area contributed by atoms with E-state index in [1.165, 1.54) is 17.3 Å². The molecule has 0 radical (unpaired) electrons. The van der Waals surface area contributed by atoms with Gasteiger partial charge in [-0.05, 0) is 12.1 Å². The summed E-state index contributed by atoms with van der Waals surface area (Å²) in [6, 6.07) is 3.43. The first-order valence-corrected chi connectivity index (χ1v) is 5.00. The summed E-state index contributed by atoms with van der Waals surface area (Å²) >= 11 is 5.41. The van der Waals surface area contributed by atoms with Crippen molar-refractivity contribution in [2.75, 3.05) is 11.2 Å². The van der Waals surface area contributed by atoms with Crippen molar-refractivity contribution in [3.05, 3.63) is 31.0 Å². The number of hydrogen-bond donors (Lipinski definition) is 1. The van der Waals surface area contributed by atoms with E-state index >= 15 is 0 Å². The van der Waals surface area contributed by atoms with Crippen LogP contribution in [0, 0.1) is 0 Å². The average molecular weight is 238 g/mol. The van der Waals surface area contributed by atoms with Gasteiger partial charge in [0.25, 0.3) is 0 Å². The number of amides is 1. The third-order valence-electron chi connectivity index (χ3n) is 1.82. The van der Waals surface area contributed by atoms with Crippen LogP contribution >= 0.6 is 11.6 Å². The predicted molar refractivity (Wildman–Crippen MR) is 58.5 cm³/mol. The maximum absolute atomic E-state index is 11.2. The lowest BCUT2D eigenvalue weighted by Gasteiger charge is -2.07. The Morgan fingerprint density at radius 3 is 3.12 bits per heavy atom. The number of nitrogens with one attached hydrogen (secondary N) is 1. The van der Waals surface area contributed by atoms with Crippen molar-refractivity contribution in [2.45, 2.75) is 0 Å². The molecule has 2 rings (SSSR count). The smallest absolute Gasteiger partial charge is 0.239 e. The average Bonchev–Trinajstić information content (AvgIpc) is 2.83. The minimum absolute atomic E-state index is 0.105. The molecule has 1 amide bonds. The number of hydrogen-bond acceptors (Lipinski definition) is 4. The zero-order valence-corrected chi connectivity index (χ0v) is 8.92. The lowest BCUT2D eigenvalue weighted by molar-refractivity contribution is -0.113. The summed E-state index contributed by atoms with van der Waals surface area (Å²) in [6.45, 7) is 0. The number of halogens is 1. The molecule has 0 bridgehead atoms. The van der Waals surface area contributed by atoms with E-state index in [2.05, 4.69) is 20.4 Å². The van der Waals surface area contributed by atoms with Crippen LogP contribution in [0.3, 0.4) is 0 Å². The predicted octanol–water partition coefficient (Wildman–Crippen LogP) is 0.840. The number of pyridine rings is 1. The molecule has 0 unspecified atom stereocenters. The Balaban J connectivity index is 2.35. The highest BCUT2D eigenvalue weighted by Gasteiger charge is 2.08. The van der Waals surface area contributed by atoms with Crippen molar-refractivity contribution in [1.29, 1.82) is 0 Å². The number of alkyl halides is 1. The number of nitrogens with zero attached hydrogens (tertiary/aromatic N) is 4.